The van der Waals surface area contributed by atoms with Crippen molar-refractivity contribution in [1.29, 1.82) is 0 Å². The van der Waals surface area contributed by atoms with Gasteiger partial charge in [-0.15, -0.1) is 0 Å². The molecule has 0 aliphatic rings. The number of aryl methyl sites for hydroxylation is 1. The fourth-order valence-electron chi connectivity index (χ4n) is 3.24. The number of benzene rings is 2. The zero-order valence-electron chi connectivity index (χ0n) is 22.1. The summed E-state index contributed by atoms with van der Waals surface area (Å²) in [5.41, 5.74) is 5.08. The van der Waals surface area contributed by atoms with Gasteiger partial charge in [0.2, 0.25) is 0 Å². The van der Waals surface area contributed by atoms with Crippen LogP contribution in [0.3, 0.4) is 0 Å². The van der Waals surface area contributed by atoms with Crippen molar-refractivity contribution in [3.63, 3.8) is 0 Å². The van der Waals surface area contributed by atoms with Crippen molar-refractivity contribution in [3.8, 4) is 0 Å². The lowest BCUT2D eigenvalue weighted by Crippen LogP contribution is -2.27. The number of rotatable bonds is 4. The average Bonchev–Trinajstić information content (AvgIpc) is 2.60. The van der Waals surface area contributed by atoms with Crippen LogP contribution < -0.4 is 5.32 Å². The maximum Gasteiger partial charge on any atom is 0.412 e. The number of nitrogens with one attached hydrogen (secondary N) is 1. The Hall–Kier alpha value is -2.29. The molecule has 0 atom stereocenters. The molecule has 0 radical (unpaired) electrons. The lowest BCUT2D eigenvalue weighted by Gasteiger charge is -2.20. The minimum atomic E-state index is -0.476. The second-order valence-corrected chi connectivity index (χ2v) is 12.0. The second-order valence-electron chi connectivity index (χ2n) is 12.0. The van der Waals surface area contributed by atoms with Gasteiger partial charge in [0.05, 0.1) is 0 Å². The molecular weight excluding hydrogens is 394 g/mol. The Balaban J connectivity index is 0.000000343. The van der Waals surface area contributed by atoms with Gasteiger partial charge < -0.3 is 4.74 Å². The molecule has 1 N–H and O–H groups in total. The molecule has 3 heteroatoms. The molecule has 32 heavy (non-hydrogen) atoms. The zero-order valence-corrected chi connectivity index (χ0v) is 22.1. The Morgan fingerprint density at radius 2 is 1.06 bits per heavy atom. The molecule has 0 aliphatic heterocycles. The van der Waals surface area contributed by atoms with Crippen molar-refractivity contribution >= 4 is 11.8 Å². The van der Waals surface area contributed by atoms with E-state index >= 15 is 0 Å². The van der Waals surface area contributed by atoms with E-state index in [0.29, 0.717) is 5.41 Å². The molecule has 178 valence electrons. The van der Waals surface area contributed by atoms with Crippen LogP contribution in [0.25, 0.3) is 0 Å². The molecule has 0 spiro atoms. The highest BCUT2D eigenvalue weighted by molar-refractivity contribution is 5.84. The summed E-state index contributed by atoms with van der Waals surface area (Å²) in [4.78, 5) is 11.6. The van der Waals surface area contributed by atoms with Gasteiger partial charge in [-0.1, -0.05) is 84.9 Å². The van der Waals surface area contributed by atoms with Crippen molar-refractivity contribution in [1.82, 2.24) is 0 Å². The van der Waals surface area contributed by atoms with Crippen molar-refractivity contribution in [2.75, 3.05) is 5.32 Å². The summed E-state index contributed by atoms with van der Waals surface area (Å²) in [6, 6.07) is 16.9. The molecule has 0 heterocycles. The van der Waals surface area contributed by atoms with Gasteiger partial charge in [0, 0.05) is 5.69 Å². The highest BCUT2D eigenvalue weighted by Crippen LogP contribution is 2.22. The molecule has 1 amide bonds. The summed E-state index contributed by atoms with van der Waals surface area (Å²) in [6.07, 6.45) is 2.89. The molecule has 0 aromatic heterocycles. The van der Waals surface area contributed by atoms with Crippen LogP contribution in [0.15, 0.2) is 48.5 Å². The lowest BCUT2D eigenvalue weighted by molar-refractivity contribution is 0.0636. The molecule has 2 aromatic rings. The van der Waals surface area contributed by atoms with Crippen LogP contribution in [0, 0.1) is 10.8 Å². The topological polar surface area (TPSA) is 38.3 Å². The summed E-state index contributed by atoms with van der Waals surface area (Å²) < 4.78 is 5.20. The van der Waals surface area contributed by atoms with Crippen molar-refractivity contribution < 1.29 is 9.53 Å². The van der Waals surface area contributed by atoms with E-state index in [4.69, 9.17) is 4.74 Å². The normalized spacial score (nSPS) is 11.9. The fourth-order valence-corrected chi connectivity index (χ4v) is 3.24. The average molecular weight is 440 g/mol. The van der Waals surface area contributed by atoms with Gasteiger partial charge in [-0.3, -0.25) is 5.32 Å². The molecule has 0 saturated carbocycles. The second kappa shape index (κ2) is 11.5. The molecule has 2 aromatic carbocycles. The van der Waals surface area contributed by atoms with E-state index in [0.717, 1.165) is 24.9 Å². The summed E-state index contributed by atoms with van der Waals surface area (Å²) in [6.45, 7) is 21.2. The Kier molecular flexibility index (Phi) is 10.0. The largest absolute Gasteiger partial charge is 0.444 e. The number of ether oxygens (including phenoxy) is 1. The monoisotopic (exact) mass is 439 g/mol. The van der Waals surface area contributed by atoms with Gasteiger partial charge in [0.25, 0.3) is 0 Å². The van der Waals surface area contributed by atoms with E-state index in [9.17, 15) is 4.79 Å². The van der Waals surface area contributed by atoms with Gasteiger partial charge >= 0.3 is 6.09 Å². The first-order valence-electron chi connectivity index (χ1n) is 11.7. The first-order chi connectivity index (χ1) is 14.6. The fraction of sp³-hybridized carbons (Fsp3) is 0.552. The molecule has 3 nitrogen and oxygen atoms in total. The van der Waals surface area contributed by atoms with Crippen LogP contribution >= 0.6 is 0 Å². The highest BCUT2D eigenvalue weighted by Gasteiger charge is 2.16. The predicted molar refractivity (Wildman–Crippen MR) is 138 cm³/mol. The summed E-state index contributed by atoms with van der Waals surface area (Å²) >= 11 is 0. The van der Waals surface area contributed by atoms with Crippen LogP contribution in [0.1, 0.15) is 85.9 Å². The predicted octanol–water partition coefficient (Wildman–Crippen LogP) is 8.46. The molecule has 0 saturated heterocycles. The van der Waals surface area contributed by atoms with Gasteiger partial charge in [0.1, 0.15) is 5.60 Å². The first kappa shape index (κ1) is 27.7. The highest BCUT2D eigenvalue weighted by atomic mass is 16.6. The Morgan fingerprint density at radius 3 is 1.41 bits per heavy atom. The third-order valence-corrected chi connectivity index (χ3v) is 4.50. The van der Waals surface area contributed by atoms with E-state index in [1.807, 2.05) is 45.0 Å². The van der Waals surface area contributed by atoms with Crippen molar-refractivity contribution in [3.05, 3.63) is 65.2 Å². The van der Waals surface area contributed by atoms with E-state index < -0.39 is 11.7 Å². The lowest BCUT2D eigenvalue weighted by atomic mass is 9.88. The number of carbonyl (C=O) groups is 1. The minimum absolute atomic E-state index is 0.264. The van der Waals surface area contributed by atoms with E-state index in [2.05, 4.69) is 78.0 Å². The van der Waals surface area contributed by atoms with Crippen LogP contribution in [0.4, 0.5) is 10.5 Å². The molecule has 0 bridgehead atoms. The molecule has 0 unspecified atom stereocenters. The minimum Gasteiger partial charge on any atom is -0.444 e. The quantitative estimate of drug-likeness (QED) is 0.519. The maximum absolute atomic E-state index is 11.6. The summed E-state index contributed by atoms with van der Waals surface area (Å²) in [7, 11) is 0. The summed E-state index contributed by atoms with van der Waals surface area (Å²) in [5, 5.41) is 2.73. The van der Waals surface area contributed by atoms with Gasteiger partial charge in [-0.25, -0.2) is 4.79 Å². The number of amides is 1. The number of hydrogen-bond acceptors (Lipinski definition) is 2. The SMILES string of the molecule is CC(C)(C)Cc1ccc(NC(=O)OC(C)(C)C)cc1.CCc1ccc(CC(C)(C)C)cc1. The third-order valence-electron chi connectivity index (χ3n) is 4.50. The summed E-state index contributed by atoms with van der Waals surface area (Å²) in [5.74, 6) is 0. The van der Waals surface area contributed by atoms with Crippen LogP contribution in [-0.2, 0) is 24.0 Å². The van der Waals surface area contributed by atoms with Crippen LogP contribution in [0.2, 0.25) is 0 Å². The van der Waals surface area contributed by atoms with Gasteiger partial charge in [-0.2, -0.15) is 0 Å². The number of anilines is 1. The third kappa shape index (κ3) is 13.2. The van der Waals surface area contributed by atoms with Crippen molar-refractivity contribution in [2.45, 2.75) is 94.1 Å². The Bertz CT molecular complexity index is 814. The molecular formula is C29H45NO2. The number of hydrogen-bond donors (Lipinski definition) is 1. The zero-order chi connectivity index (χ0) is 24.6. The van der Waals surface area contributed by atoms with Gasteiger partial charge in [-0.05, 0) is 79.7 Å². The standard InChI is InChI=1S/C16H25NO2.C13H20/c1-15(2,3)11-12-7-9-13(10-8-12)17-14(18)19-16(4,5)6;1-5-11-6-8-12(9-7-11)10-13(2,3)4/h7-10H,11H2,1-6H3,(H,17,18);6-9H,5,10H2,1-4H3. The van der Waals surface area contributed by atoms with Crippen LogP contribution in [0.5, 0.6) is 0 Å². The van der Waals surface area contributed by atoms with E-state index in [-0.39, 0.29) is 5.41 Å². The van der Waals surface area contributed by atoms with Gasteiger partial charge in [0.15, 0.2) is 0 Å². The molecule has 0 fully saturated rings. The Morgan fingerprint density at radius 1 is 0.688 bits per heavy atom. The maximum atomic E-state index is 11.6. The van der Waals surface area contributed by atoms with Crippen LogP contribution in [-0.4, -0.2) is 11.7 Å². The molecule has 2 rings (SSSR count). The smallest absolute Gasteiger partial charge is 0.412 e. The van der Waals surface area contributed by atoms with E-state index in [1.165, 1.54) is 16.7 Å². The molecule has 0 aliphatic carbocycles. The number of carbonyl (C=O) groups excluding carboxylic acids is 1. The van der Waals surface area contributed by atoms with E-state index in [1.54, 1.807) is 0 Å². The first-order valence-corrected chi connectivity index (χ1v) is 11.7. The van der Waals surface area contributed by atoms with Crippen molar-refractivity contribution in [2.24, 2.45) is 10.8 Å². The Labute approximate surface area is 197 Å².